The van der Waals surface area contributed by atoms with Gasteiger partial charge in [-0.1, -0.05) is 43.3 Å². The van der Waals surface area contributed by atoms with Gasteiger partial charge < -0.3 is 15.6 Å². The summed E-state index contributed by atoms with van der Waals surface area (Å²) in [6.07, 6.45) is 4.32. The second-order valence-electron chi connectivity index (χ2n) is 6.54. The summed E-state index contributed by atoms with van der Waals surface area (Å²) in [5, 5.41) is 4.02. The van der Waals surface area contributed by atoms with Gasteiger partial charge in [-0.2, -0.15) is 4.98 Å². The Morgan fingerprint density at radius 2 is 1.93 bits per heavy atom. The third-order valence-electron chi connectivity index (χ3n) is 4.80. The second kappa shape index (κ2) is 7.52. The number of rotatable bonds is 5. The highest BCUT2D eigenvalue weighted by atomic mass is 16.1. The van der Waals surface area contributed by atoms with E-state index in [4.69, 9.17) is 5.73 Å². The van der Waals surface area contributed by atoms with Crippen molar-refractivity contribution >= 4 is 22.8 Å². The molecule has 0 bridgehead atoms. The van der Waals surface area contributed by atoms with Gasteiger partial charge in [0.05, 0.1) is 11.6 Å². The molecule has 0 saturated carbocycles. The van der Waals surface area contributed by atoms with Crippen LogP contribution < -0.4 is 11.1 Å². The number of nitrogens with one attached hydrogen (secondary N) is 1. The van der Waals surface area contributed by atoms with E-state index in [2.05, 4.69) is 22.2 Å². The molecule has 6 heteroatoms. The Morgan fingerprint density at radius 1 is 1.11 bits per heavy atom. The van der Waals surface area contributed by atoms with E-state index in [1.54, 1.807) is 12.3 Å². The summed E-state index contributed by atoms with van der Waals surface area (Å²) in [6, 6.07) is 19.4. The van der Waals surface area contributed by atoms with Crippen molar-refractivity contribution in [1.82, 2.24) is 19.9 Å². The average molecular weight is 371 g/mol. The van der Waals surface area contributed by atoms with Crippen LogP contribution in [0, 0.1) is 0 Å². The molecule has 0 aliphatic rings. The van der Waals surface area contributed by atoms with Crippen molar-refractivity contribution in [1.29, 1.82) is 0 Å². The minimum atomic E-state index is -0.0961. The summed E-state index contributed by atoms with van der Waals surface area (Å²) in [4.78, 5) is 21.2. The van der Waals surface area contributed by atoms with Crippen molar-refractivity contribution in [3.63, 3.8) is 0 Å². The lowest BCUT2D eigenvalue weighted by molar-refractivity contribution is 0.0937. The number of carbonyl (C=O) groups is 1. The van der Waals surface area contributed by atoms with Crippen molar-refractivity contribution in [2.45, 2.75) is 19.4 Å². The summed E-state index contributed by atoms with van der Waals surface area (Å²) in [6.45, 7) is 2.06. The van der Waals surface area contributed by atoms with Gasteiger partial charge in [-0.05, 0) is 36.2 Å². The lowest BCUT2D eigenvalue weighted by atomic mass is 10.0. The van der Waals surface area contributed by atoms with Crippen LogP contribution >= 0.6 is 0 Å². The molecule has 1 unspecified atom stereocenters. The number of aromatic nitrogens is 3. The molecule has 2 aromatic heterocycles. The Labute approximate surface area is 163 Å². The zero-order valence-corrected chi connectivity index (χ0v) is 15.5. The number of nitrogens with two attached hydrogens (primary N) is 1. The van der Waals surface area contributed by atoms with Crippen molar-refractivity contribution in [2.75, 3.05) is 5.73 Å². The number of anilines is 1. The molecule has 4 aromatic rings. The Kier molecular flexibility index (Phi) is 4.76. The standard InChI is InChI=1S/C22H21N5O/c1-2-18(15-7-4-3-5-8-15)25-21(28)17-9-6-10-19-16(17)12-14-27(19)20-11-13-24-22(23)26-20/h3-14,18H,2H2,1H3,(H,25,28)(H2,23,24,26). The molecule has 0 fully saturated rings. The maximum Gasteiger partial charge on any atom is 0.252 e. The van der Waals surface area contributed by atoms with E-state index >= 15 is 0 Å². The molecule has 1 atom stereocenters. The largest absolute Gasteiger partial charge is 0.368 e. The van der Waals surface area contributed by atoms with Crippen LogP contribution in [-0.4, -0.2) is 20.4 Å². The second-order valence-corrected chi connectivity index (χ2v) is 6.54. The lowest BCUT2D eigenvalue weighted by Crippen LogP contribution is -2.28. The SMILES string of the molecule is CCC(NC(=O)c1cccc2c1ccn2-c1ccnc(N)n1)c1ccccc1. The van der Waals surface area contributed by atoms with E-state index in [0.29, 0.717) is 11.4 Å². The molecule has 2 heterocycles. The van der Waals surface area contributed by atoms with Gasteiger partial charge in [-0.25, -0.2) is 4.98 Å². The van der Waals surface area contributed by atoms with Crippen molar-refractivity contribution in [2.24, 2.45) is 0 Å². The number of nitrogens with zero attached hydrogens (tertiary/aromatic N) is 3. The number of fused-ring (bicyclic) bond motifs is 1. The van der Waals surface area contributed by atoms with E-state index in [1.807, 2.05) is 65.4 Å². The molecule has 4 rings (SSSR count). The summed E-state index contributed by atoms with van der Waals surface area (Å²) >= 11 is 0. The topological polar surface area (TPSA) is 85.8 Å². The predicted octanol–water partition coefficient (Wildman–Crippen LogP) is 3.88. The smallest absolute Gasteiger partial charge is 0.252 e. The molecule has 0 saturated heterocycles. The number of hydrogen-bond donors (Lipinski definition) is 2. The molecule has 6 nitrogen and oxygen atoms in total. The molecular formula is C22H21N5O. The van der Waals surface area contributed by atoms with Gasteiger partial charge in [0, 0.05) is 23.3 Å². The number of amides is 1. The summed E-state index contributed by atoms with van der Waals surface area (Å²) in [7, 11) is 0. The van der Waals surface area contributed by atoms with Gasteiger partial charge in [0.2, 0.25) is 5.95 Å². The van der Waals surface area contributed by atoms with Crippen LogP contribution in [0.5, 0.6) is 0 Å². The first kappa shape index (κ1) is 17.7. The third kappa shape index (κ3) is 3.32. The van der Waals surface area contributed by atoms with Crippen molar-refractivity contribution in [3.8, 4) is 5.82 Å². The average Bonchev–Trinajstić information content (AvgIpc) is 3.16. The molecular weight excluding hydrogens is 350 g/mol. The van der Waals surface area contributed by atoms with Crippen LogP contribution in [0.4, 0.5) is 5.95 Å². The molecule has 0 aliphatic carbocycles. The number of hydrogen-bond acceptors (Lipinski definition) is 4. The van der Waals surface area contributed by atoms with E-state index in [9.17, 15) is 4.79 Å². The Bertz CT molecular complexity index is 1120. The van der Waals surface area contributed by atoms with Crippen LogP contribution in [0.25, 0.3) is 16.7 Å². The highest BCUT2D eigenvalue weighted by Crippen LogP contribution is 2.24. The summed E-state index contributed by atoms with van der Waals surface area (Å²) in [5.41, 5.74) is 8.33. The minimum absolute atomic E-state index is 0.0345. The third-order valence-corrected chi connectivity index (χ3v) is 4.80. The van der Waals surface area contributed by atoms with Crippen LogP contribution in [0.15, 0.2) is 73.1 Å². The molecule has 0 radical (unpaired) electrons. The van der Waals surface area contributed by atoms with Gasteiger partial charge in [0.15, 0.2) is 0 Å². The maximum atomic E-state index is 13.0. The van der Waals surface area contributed by atoms with Crippen LogP contribution in [-0.2, 0) is 0 Å². The van der Waals surface area contributed by atoms with Crippen LogP contribution in [0.3, 0.4) is 0 Å². The van der Waals surface area contributed by atoms with Gasteiger partial charge >= 0.3 is 0 Å². The fourth-order valence-electron chi connectivity index (χ4n) is 3.41. The van der Waals surface area contributed by atoms with Gasteiger partial charge in [0.1, 0.15) is 5.82 Å². The molecule has 0 spiro atoms. The lowest BCUT2D eigenvalue weighted by Gasteiger charge is -2.18. The zero-order valence-electron chi connectivity index (χ0n) is 15.5. The number of benzene rings is 2. The van der Waals surface area contributed by atoms with Crippen molar-refractivity contribution in [3.05, 3.63) is 84.2 Å². The van der Waals surface area contributed by atoms with Crippen LogP contribution in [0.2, 0.25) is 0 Å². The van der Waals surface area contributed by atoms with E-state index < -0.39 is 0 Å². The van der Waals surface area contributed by atoms with E-state index in [0.717, 1.165) is 22.9 Å². The Morgan fingerprint density at radius 3 is 2.68 bits per heavy atom. The normalized spacial score (nSPS) is 12.0. The fraction of sp³-hybridized carbons (Fsp3) is 0.136. The molecule has 2 aromatic carbocycles. The Hall–Kier alpha value is -3.67. The quantitative estimate of drug-likeness (QED) is 0.557. The van der Waals surface area contributed by atoms with Gasteiger partial charge in [0.25, 0.3) is 5.91 Å². The number of carbonyl (C=O) groups excluding carboxylic acids is 1. The van der Waals surface area contributed by atoms with Crippen LogP contribution in [0.1, 0.15) is 35.3 Å². The van der Waals surface area contributed by atoms with Crippen molar-refractivity contribution < 1.29 is 4.79 Å². The Balaban J connectivity index is 1.68. The minimum Gasteiger partial charge on any atom is -0.368 e. The molecule has 0 aliphatic heterocycles. The first-order chi connectivity index (χ1) is 13.7. The zero-order chi connectivity index (χ0) is 19.5. The highest BCUT2D eigenvalue weighted by Gasteiger charge is 2.17. The van der Waals surface area contributed by atoms with Gasteiger partial charge in [-0.15, -0.1) is 0 Å². The highest BCUT2D eigenvalue weighted by molar-refractivity contribution is 6.07. The first-order valence-electron chi connectivity index (χ1n) is 9.22. The molecule has 140 valence electrons. The predicted molar refractivity (Wildman–Crippen MR) is 110 cm³/mol. The van der Waals surface area contributed by atoms with Gasteiger partial charge in [-0.3, -0.25) is 4.79 Å². The first-order valence-corrected chi connectivity index (χ1v) is 9.22. The molecule has 1 amide bonds. The number of nitrogen functional groups attached to an aromatic ring is 1. The van der Waals surface area contributed by atoms with E-state index in [1.165, 1.54) is 0 Å². The maximum absolute atomic E-state index is 13.0. The van der Waals surface area contributed by atoms with E-state index in [-0.39, 0.29) is 17.9 Å². The summed E-state index contributed by atoms with van der Waals surface area (Å²) in [5.74, 6) is 0.777. The monoisotopic (exact) mass is 371 g/mol. The fourth-order valence-corrected chi connectivity index (χ4v) is 3.41. The summed E-state index contributed by atoms with van der Waals surface area (Å²) < 4.78 is 1.90. The molecule has 28 heavy (non-hydrogen) atoms. The molecule has 3 N–H and O–H groups in total.